The molecule has 2 unspecified atom stereocenters. The Morgan fingerprint density at radius 2 is 1.10 bits per heavy atom. The molecule has 158 valence electrons. The molecule has 2 aliphatic heterocycles. The van der Waals surface area contributed by atoms with Crippen molar-refractivity contribution in [1.82, 2.24) is 0 Å². The Labute approximate surface area is 176 Å². The van der Waals surface area contributed by atoms with Crippen LogP contribution in [0, 0.1) is 0 Å². The number of rotatable bonds is 6. The summed E-state index contributed by atoms with van der Waals surface area (Å²) in [7, 11) is 0. The highest BCUT2D eigenvalue weighted by molar-refractivity contribution is 6.03. The Morgan fingerprint density at radius 1 is 0.733 bits per heavy atom. The van der Waals surface area contributed by atoms with Crippen molar-refractivity contribution in [2.24, 2.45) is 0 Å². The maximum absolute atomic E-state index is 11.9. The summed E-state index contributed by atoms with van der Waals surface area (Å²) in [4.78, 5) is 23.9. The zero-order chi connectivity index (χ0) is 21.0. The van der Waals surface area contributed by atoms with Gasteiger partial charge in [-0.05, 0) is 25.0 Å². The van der Waals surface area contributed by atoms with Gasteiger partial charge in [0.05, 0.1) is 24.3 Å². The lowest BCUT2D eigenvalue weighted by Gasteiger charge is -2.08. The Hall–Kier alpha value is -2.96. The van der Waals surface area contributed by atoms with E-state index < -0.39 is 11.9 Å². The fourth-order valence-electron chi connectivity index (χ4n) is 2.45. The molecule has 6 nitrogen and oxygen atoms in total. The summed E-state index contributed by atoms with van der Waals surface area (Å²) in [6.07, 6.45) is 19.0. The predicted octanol–water partition coefficient (Wildman–Crippen LogP) is 3.80. The van der Waals surface area contributed by atoms with Crippen LogP contribution in [0.25, 0.3) is 0 Å². The van der Waals surface area contributed by atoms with E-state index in [2.05, 4.69) is 48.6 Å². The molecule has 0 N–H and O–H groups in total. The third-order valence-corrected chi connectivity index (χ3v) is 4.28. The smallest absolute Gasteiger partial charge is 0.339 e. The van der Waals surface area contributed by atoms with Gasteiger partial charge in [-0.15, -0.1) is 0 Å². The first kappa shape index (κ1) is 21.7. The number of epoxide rings is 2. The Kier molecular flexibility index (Phi) is 8.62. The lowest BCUT2D eigenvalue weighted by molar-refractivity contribution is 0.0430. The van der Waals surface area contributed by atoms with Crippen LogP contribution >= 0.6 is 0 Å². The number of allylic oxidation sites excluding steroid dienone is 8. The summed E-state index contributed by atoms with van der Waals surface area (Å²) in [5.74, 6) is -1.09. The molecule has 30 heavy (non-hydrogen) atoms. The average molecular weight is 410 g/mol. The molecule has 0 amide bonds. The van der Waals surface area contributed by atoms with Crippen molar-refractivity contribution in [2.45, 2.75) is 25.0 Å². The number of carbonyl (C=O) groups excluding carboxylic acids is 2. The van der Waals surface area contributed by atoms with Crippen molar-refractivity contribution < 1.29 is 28.5 Å². The minimum absolute atomic E-state index is 0.00919. The summed E-state index contributed by atoms with van der Waals surface area (Å²) in [6.45, 7) is 1.63. The molecular weight excluding hydrogens is 384 g/mol. The van der Waals surface area contributed by atoms with Crippen LogP contribution in [0.15, 0.2) is 72.9 Å². The van der Waals surface area contributed by atoms with Gasteiger partial charge in [0.25, 0.3) is 0 Å². The summed E-state index contributed by atoms with van der Waals surface area (Å²) < 4.78 is 20.1. The van der Waals surface area contributed by atoms with E-state index in [4.69, 9.17) is 18.9 Å². The fourth-order valence-corrected chi connectivity index (χ4v) is 2.45. The number of esters is 2. The molecular formula is C24H26O6. The molecule has 4 aliphatic rings. The third kappa shape index (κ3) is 8.19. The van der Waals surface area contributed by atoms with E-state index in [0.29, 0.717) is 13.2 Å². The molecule has 2 heterocycles. The maximum atomic E-state index is 11.9. The van der Waals surface area contributed by atoms with Crippen molar-refractivity contribution >= 4 is 11.9 Å². The van der Waals surface area contributed by atoms with Gasteiger partial charge in [0.15, 0.2) is 0 Å². The van der Waals surface area contributed by atoms with Crippen molar-refractivity contribution in [3.63, 3.8) is 0 Å². The second-order valence-electron chi connectivity index (χ2n) is 6.84. The first-order chi connectivity index (χ1) is 14.7. The largest absolute Gasteiger partial charge is 0.459 e. The molecule has 0 saturated carbocycles. The van der Waals surface area contributed by atoms with Gasteiger partial charge in [0, 0.05) is 0 Å². The SMILES string of the molecule is C1=CCC=C1.C1=CCC=C1.O=C(OCC1CO1)c1ccccc1C(=O)OCC1CO1. The quantitative estimate of drug-likeness (QED) is 0.524. The van der Waals surface area contributed by atoms with E-state index in [0.717, 1.165) is 12.8 Å². The second kappa shape index (κ2) is 11.9. The van der Waals surface area contributed by atoms with Crippen LogP contribution in [-0.2, 0) is 18.9 Å². The van der Waals surface area contributed by atoms with Gasteiger partial charge < -0.3 is 18.9 Å². The lowest BCUT2D eigenvalue weighted by Crippen LogP contribution is -2.17. The number of carbonyl (C=O) groups is 2. The predicted molar refractivity (Wildman–Crippen MR) is 112 cm³/mol. The van der Waals surface area contributed by atoms with Gasteiger partial charge in [-0.1, -0.05) is 60.7 Å². The molecule has 1 aromatic rings. The molecule has 6 heteroatoms. The van der Waals surface area contributed by atoms with E-state index in [1.54, 1.807) is 24.3 Å². The minimum atomic E-state index is -0.546. The molecule has 5 rings (SSSR count). The molecule has 0 radical (unpaired) electrons. The zero-order valence-electron chi connectivity index (χ0n) is 16.8. The van der Waals surface area contributed by atoms with Crippen molar-refractivity contribution in [2.75, 3.05) is 26.4 Å². The van der Waals surface area contributed by atoms with Crippen LogP contribution in [0.5, 0.6) is 0 Å². The van der Waals surface area contributed by atoms with E-state index in [-0.39, 0.29) is 36.5 Å². The standard InChI is InChI=1S/C14H14O6.2C5H6/c15-13(19-7-9-5-17-9)11-3-1-2-4-12(11)14(16)20-8-10-6-18-10;2*1-2-4-5-3-1/h1-4,9-10H,5-8H2;2*1-4H,5H2. The van der Waals surface area contributed by atoms with E-state index >= 15 is 0 Å². The van der Waals surface area contributed by atoms with Gasteiger partial charge in [-0.2, -0.15) is 0 Å². The van der Waals surface area contributed by atoms with Crippen molar-refractivity contribution in [3.05, 3.63) is 84.0 Å². The van der Waals surface area contributed by atoms with Crippen molar-refractivity contribution in [1.29, 1.82) is 0 Å². The molecule has 2 saturated heterocycles. The van der Waals surface area contributed by atoms with Crippen LogP contribution in [0.4, 0.5) is 0 Å². The first-order valence-electron chi connectivity index (χ1n) is 10.0. The average Bonchev–Trinajstić information content (AvgIpc) is 3.64. The summed E-state index contributed by atoms with van der Waals surface area (Å²) in [5.41, 5.74) is 0.407. The zero-order valence-corrected chi connectivity index (χ0v) is 16.8. The molecule has 1 aromatic carbocycles. The van der Waals surface area contributed by atoms with Crippen LogP contribution < -0.4 is 0 Å². The van der Waals surface area contributed by atoms with Gasteiger partial charge in [-0.3, -0.25) is 0 Å². The number of benzene rings is 1. The molecule has 0 bridgehead atoms. The molecule has 0 spiro atoms. The fraction of sp³-hybridized carbons (Fsp3) is 0.333. The van der Waals surface area contributed by atoms with Gasteiger partial charge >= 0.3 is 11.9 Å². The Balaban J connectivity index is 0.000000208. The van der Waals surface area contributed by atoms with Crippen molar-refractivity contribution in [3.8, 4) is 0 Å². The van der Waals surface area contributed by atoms with E-state index in [9.17, 15) is 9.59 Å². The molecule has 2 atom stereocenters. The molecule has 2 aliphatic carbocycles. The van der Waals surface area contributed by atoms with E-state index in [1.807, 2.05) is 0 Å². The van der Waals surface area contributed by atoms with Gasteiger partial charge in [-0.25, -0.2) is 9.59 Å². The van der Waals surface area contributed by atoms with E-state index in [1.165, 1.54) is 0 Å². The summed E-state index contributed by atoms with van der Waals surface area (Å²) >= 11 is 0. The van der Waals surface area contributed by atoms with Gasteiger partial charge in [0.1, 0.15) is 25.4 Å². The Morgan fingerprint density at radius 3 is 1.37 bits per heavy atom. The highest BCUT2D eigenvalue weighted by Gasteiger charge is 2.28. The minimum Gasteiger partial charge on any atom is -0.459 e. The topological polar surface area (TPSA) is 77.7 Å². The van der Waals surface area contributed by atoms with Gasteiger partial charge in [0.2, 0.25) is 0 Å². The highest BCUT2D eigenvalue weighted by Crippen LogP contribution is 2.16. The lowest BCUT2D eigenvalue weighted by atomic mass is 10.1. The molecule has 0 aromatic heterocycles. The maximum Gasteiger partial charge on any atom is 0.339 e. The summed E-state index contributed by atoms with van der Waals surface area (Å²) in [6, 6.07) is 6.43. The third-order valence-electron chi connectivity index (χ3n) is 4.28. The summed E-state index contributed by atoms with van der Waals surface area (Å²) in [5, 5.41) is 0. The van der Waals surface area contributed by atoms with Crippen LogP contribution in [0.2, 0.25) is 0 Å². The van der Waals surface area contributed by atoms with Crippen LogP contribution in [-0.4, -0.2) is 50.6 Å². The number of ether oxygens (including phenoxy) is 4. The monoisotopic (exact) mass is 410 g/mol. The second-order valence-corrected chi connectivity index (χ2v) is 6.84. The van der Waals surface area contributed by atoms with Crippen LogP contribution in [0.3, 0.4) is 0 Å². The number of hydrogen-bond donors (Lipinski definition) is 0. The normalized spacial score (nSPS) is 21.2. The molecule has 2 fully saturated rings. The number of hydrogen-bond acceptors (Lipinski definition) is 6. The highest BCUT2D eigenvalue weighted by atomic mass is 16.6. The Bertz CT molecular complexity index is 739. The van der Waals surface area contributed by atoms with Crippen LogP contribution in [0.1, 0.15) is 33.6 Å². The first-order valence-corrected chi connectivity index (χ1v) is 10.0.